The van der Waals surface area contributed by atoms with Crippen LogP contribution >= 0.6 is 35.6 Å². The predicted octanol–water partition coefficient (Wildman–Crippen LogP) is 2.04. The molecule has 0 saturated carbocycles. The zero-order valence-corrected chi connectivity index (χ0v) is 9.71. The Labute approximate surface area is 103 Å². The Balaban J connectivity index is 0.00000196. The van der Waals surface area contributed by atoms with Crippen LogP contribution in [0, 0.1) is 5.41 Å². The number of amides is 1. The van der Waals surface area contributed by atoms with E-state index < -0.39 is 11.9 Å². The van der Waals surface area contributed by atoms with E-state index in [0.29, 0.717) is 0 Å². The van der Waals surface area contributed by atoms with Crippen LogP contribution in [0.25, 0.3) is 0 Å². The van der Waals surface area contributed by atoms with Crippen LogP contribution in [0.4, 0.5) is 0 Å². The Morgan fingerprint density at radius 1 is 1.33 bits per heavy atom. The zero-order chi connectivity index (χ0) is 10.7. The summed E-state index contributed by atoms with van der Waals surface area (Å²) < 4.78 is 0. The lowest BCUT2D eigenvalue weighted by molar-refractivity contribution is 0.0977. The molecule has 15 heavy (non-hydrogen) atoms. The van der Waals surface area contributed by atoms with E-state index in [1.54, 1.807) is 6.07 Å². The molecule has 0 aliphatic carbocycles. The standard InChI is InChI=1S/C8H7Cl2N3O.ClH/c9-4-2-1-3-5(10)6(4)7(14)13-8(11)12;/h1-3H,(H4,11,12,13,14);1H. The molecule has 1 rings (SSSR count). The van der Waals surface area contributed by atoms with Crippen molar-refractivity contribution in [3.8, 4) is 0 Å². The average Bonchev–Trinajstić information content (AvgIpc) is 2.01. The van der Waals surface area contributed by atoms with Crippen molar-refractivity contribution in [1.82, 2.24) is 5.32 Å². The molecule has 7 heteroatoms. The highest BCUT2D eigenvalue weighted by Crippen LogP contribution is 2.23. The van der Waals surface area contributed by atoms with Crippen molar-refractivity contribution in [3.05, 3.63) is 33.8 Å². The summed E-state index contributed by atoms with van der Waals surface area (Å²) in [6, 6.07) is 4.68. The van der Waals surface area contributed by atoms with Crippen LogP contribution in [-0.2, 0) is 0 Å². The first-order valence-electron chi connectivity index (χ1n) is 3.61. The third-order valence-electron chi connectivity index (χ3n) is 1.44. The molecule has 1 aromatic carbocycles. The Morgan fingerprint density at radius 3 is 2.20 bits per heavy atom. The molecule has 0 saturated heterocycles. The van der Waals surface area contributed by atoms with E-state index in [1.807, 2.05) is 0 Å². The molecule has 0 aliphatic heterocycles. The van der Waals surface area contributed by atoms with Gasteiger partial charge in [0.15, 0.2) is 5.96 Å². The van der Waals surface area contributed by atoms with Crippen molar-refractivity contribution in [2.75, 3.05) is 0 Å². The summed E-state index contributed by atoms with van der Waals surface area (Å²) in [4.78, 5) is 11.4. The number of carbonyl (C=O) groups excluding carboxylic acids is 1. The number of carbonyl (C=O) groups is 1. The highest BCUT2D eigenvalue weighted by Gasteiger charge is 2.14. The number of benzene rings is 1. The van der Waals surface area contributed by atoms with Gasteiger partial charge in [-0.25, -0.2) is 0 Å². The highest BCUT2D eigenvalue weighted by atomic mass is 35.5. The average molecular weight is 269 g/mol. The van der Waals surface area contributed by atoms with E-state index in [0.717, 1.165) is 0 Å². The van der Waals surface area contributed by atoms with Gasteiger partial charge in [0, 0.05) is 0 Å². The molecule has 82 valence electrons. The van der Waals surface area contributed by atoms with Gasteiger partial charge in [-0.2, -0.15) is 0 Å². The van der Waals surface area contributed by atoms with Gasteiger partial charge in [-0.15, -0.1) is 12.4 Å². The fourth-order valence-electron chi connectivity index (χ4n) is 0.900. The molecule has 1 aromatic rings. The molecule has 0 bridgehead atoms. The monoisotopic (exact) mass is 267 g/mol. The van der Waals surface area contributed by atoms with Crippen LogP contribution in [0.3, 0.4) is 0 Å². The Bertz CT molecular complexity index is 374. The van der Waals surface area contributed by atoms with Crippen LogP contribution in [0.15, 0.2) is 18.2 Å². The van der Waals surface area contributed by atoms with E-state index in [1.165, 1.54) is 12.1 Å². The Morgan fingerprint density at radius 2 is 1.80 bits per heavy atom. The molecule has 4 nitrogen and oxygen atoms in total. The maximum Gasteiger partial charge on any atom is 0.260 e. The third-order valence-corrected chi connectivity index (χ3v) is 2.07. The summed E-state index contributed by atoms with van der Waals surface area (Å²) in [7, 11) is 0. The van der Waals surface area contributed by atoms with Gasteiger partial charge >= 0.3 is 0 Å². The predicted molar refractivity (Wildman–Crippen MR) is 63.1 cm³/mol. The number of halogens is 3. The molecule has 1 amide bonds. The first-order valence-corrected chi connectivity index (χ1v) is 4.37. The number of guanidine groups is 1. The lowest BCUT2D eigenvalue weighted by atomic mass is 10.2. The van der Waals surface area contributed by atoms with Crippen molar-refractivity contribution in [3.63, 3.8) is 0 Å². The summed E-state index contributed by atoms with van der Waals surface area (Å²) in [5, 5.41) is 9.41. The van der Waals surface area contributed by atoms with Gasteiger partial charge in [-0.05, 0) is 12.1 Å². The summed E-state index contributed by atoms with van der Waals surface area (Å²) >= 11 is 11.5. The lowest BCUT2D eigenvalue weighted by Crippen LogP contribution is -2.35. The molecule has 0 atom stereocenters. The second kappa shape index (κ2) is 5.80. The van der Waals surface area contributed by atoms with Crippen LogP contribution in [0.1, 0.15) is 10.4 Å². The summed E-state index contributed by atoms with van der Waals surface area (Å²) in [6.45, 7) is 0. The molecule has 4 N–H and O–H groups in total. The quantitative estimate of drug-likeness (QED) is 0.538. The van der Waals surface area contributed by atoms with Gasteiger partial charge < -0.3 is 5.73 Å². The molecular formula is C8H8Cl3N3O. The van der Waals surface area contributed by atoms with Crippen molar-refractivity contribution in [2.24, 2.45) is 5.73 Å². The maximum absolute atomic E-state index is 11.4. The Kier molecular flexibility index (Phi) is 5.43. The normalized spacial score (nSPS) is 8.93. The summed E-state index contributed by atoms with van der Waals surface area (Å²) in [5.74, 6) is -1.04. The van der Waals surface area contributed by atoms with E-state index in [2.05, 4.69) is 5.32 Å². The molecule has 0 unspecified atom stereocenters. The fraction of sp³-hybridized carbons (Fsp3) is 0. The second-order valence-corrected chi connectivity index (χ2v) is 3.28. The van der Waals surface area contributed by atoms with Crippen molar-refractivity contribution < 1.29 is 4.79 Å². The van der Waals surface area contributed by atoms with Gasteiger partial charge in [-0.1, -0.05) is 29.3 Å². The van der Waals surface area contributed by atoms with Crippen LogP contribution < -0.4 is 11.1 Å². The number of nitrogens with one attached hydrogen (secondary N) is 2. The molecule has 0 aromatic heterocycles. The fourth-order valence-corrected chi connectivity index (χ4v) is 1.47. The molecule has 0 spiro atoms. The smallest absolute Gasteiger partial charge is 0.260 e. The number of hydrogen-bond donors (Lipinski definition) is 3. The van der Waals surface area contributed by atoms with E-state index in [9.17, 15) is 4.79 Å². The maximum atomic E-state index is 11.4. The van der Waals surface area contributed by atoms with Crippen LogP contribution in [0.2, 0.25) is 10.0 Å². The lowest BCUT2D eigenvalue weighted by Gasteiger charge is -2.06. The van der Waals surface area contributed by atoms with E-state index >= 15 is 0 Å². The first-order chi connectivity index (χ1) is 6.52. The molecule has 0 heterocycles. The van der Waals surface area contributed by atoms with Gasteiger partial charge in [0.25, 0.3) is 5.91 Å². The van der Waals surface area contributed by atoms with Crippen molar-refractivity contribution in [2.45, 2.75) is 0 Å². The zero-order valence-electron chi connectivity index (χ0n) is 7.38. The molecule has 0 radical (unpaired) electrons. The minimum Gasteiger partial charge on any atom is -0.370 e. The molecule has 0 aliphatic rings. The summed E-state index contributed by atoms with van der Waals surface area (Å²) in [6.07, 6.45) is 0. The van der Waals surface area contributed by atoms with Crippen molar-refractivity contribution in [1.29, 1.82) is 5.41 Å². The highest BCUT2D eigenvalue weighted by molar-refractivity contribution is 6.40. The molecule has 0 fully saturated rings. The second-order valence-electron chi connectivity index (χ2n) is 2.46. The van der Waals surface area contributed by atoms with E-state index in [4.69, 9.17) is 34.3 Å². The number of hydrogen-bond acceptors (Lipinski definition) is 2. The van der Waals surface area contributed by atoms with E-state index in [-0.39, 0.29) is 28.0 Å². The molecular weight excluding hydrogens is 260 g/mol. The minimum atomic E-state index is -0.590. The van der Waals surface area contributed by atoms with Crippen LogP contribution in [-0.4, -0.2) is 11.9 Å². The number of rotatable bonds is 1. The van der Waals surface area contributed by atoms with Gasteiger partial charge in [0.2, 0.25) is 0 Å². The first kappa shape index (κ1) is 14.0. The number of nitrogens with two attached hydrogens (primary N) is 1. The third kappa shape index (κ3) is 3.58. The minimum absolute atomic E-state index is 0. The largest absolute Gasteiger partial charge is 0.370 e. The van der Waals surface area contributed by atoms with Gasteiger partial charge in [-0.3, -0.25) is 15.5 Å². The summed E-state index contributed by atoms with van der Waals surface area (Å²) in [5.41, 5.74) is 5.11. The SMILES string of the molecule is Cl.N=C(N)NC(=O)c1c(Cl)cccc1Cl. The van der Waals surface area contributed by atoms with Gasteiger partial charge in [0.1, 0.15) is 0 Å². The Hall–Kier alpha value is -0.970. The van der Waals surface area contributed by atoms with Crippen molar-refractivity contribution >= 4 is 47.5 Å². The topological polar surface area (TPSA) is 79.0 Å². The van der Waals surface area contributed by atoms with Gasteiger partial charge in [0.05, 0.1) is 15.6 Å². The van der Waals surface area contributed by atoms with Crippen LogP contribution in [0.5, 0.6) is 0 Å².